The number of hydrogen-bond donors (Lipinski definition) is 2. The lowest BCUT2D eigenvalue weighted by Gasteiger charge is -1.99. The average molecular weight is 362 g/mol. The fourth-order valence-electron chi connectivity index (χ4n) is 2.00. The number of rotatable bonds is 3. The van der Waals surface area contributed by atoms with Crippen molar-refractivity contribution in [3.05, 3.63) is 30.7 Å². The summed E-state index contributed by atoms with van der Waals surface area (Å²) >= 11 is 3.53. The third-order valence-electron chi connectivity index (χ3n) is 3.08. The summed E-state index contributed by atoms with van der Waals surface area (Å²) in [5, 5.41) is 10.3. The zero-order valence-electron chi connectivity index (χ0n) is 13.8. The van der Waals surface area contributed by atoms with Gasteiger partial charge in [-0.2, -0.15) is 12.6 Å². The van der Waals surface area contributed by atoms with Crippen LogP contribution in [0.2, 0.25) is 0 Å². The number of aromatic nitrogens is 5. The van der Waals surface area contributed by atoms with E-state index in [2.05, 4.69) is 38.2 Å². The summed E-state index contributed by atoms with van der Waals surface area (Å²) in [5.74, 6) is 1.38. The van der Waals surface area contributed by atoms with Gasteiger partial charge in [-0.1, -0.05) is 5.21 Å². The lowest BCUT2D eigenvalue weighted by molar-refractivity contribution is -0.105. The van der Waals surface area contributed by atoms with Gasteiger partial charge in [-0.15, -0.1) is 5.10 Å². The quantitative estimate of drug-likeness (QED) is 0.540. The van der Waals surface area contributed by atoms with Crippen molar-refractivity contribution in [2.45, 2.75) is 13.5 Å². The van der Waals surface area contributed by atoms with E-state index in [4.69, 9.17) is 9.47 Å². The van der Waals surface area contributed by atoms with Crippen molar-refractivity contribution in [2.75, 3.05) is 18.4 Å². The number of thiol groups is 1. The first kappa shape index (κ1) is 18.5. The van der Waals surface area contributed by atoms with Crippen LogP contribution in [0.3, 0.4) is 0 Å². The maximum absolute atomic E-state index is 10.1. The number of hydrogen-bond acceptors (Lipinski definition) is 8. The van der Waals surface area contributed by atoms with E-state index in [0.717, 1.165) is 17.7 Å². The number of fused-ring (bicyclic) bond motifs is 2. The summed E-state index contributed by atoms with van der Waals surface area (Å²) in [4.78, 5) is 18.0. The van der Waals surface area contributed by atoms with Gasteiger partial charge in [0.15, 0.2) is 22.7 Å². The maximum atomic E-state index is 10.1. The van der Waals surface area contributed by atoms with Gasteiger partial charge in [-0.25, -0.2) is 14.6 Å². The summed E-state index contributed by atoms with van der Waals surface area (Å²) in [6.07, 6.45) is 5.47. The van der Waals surface area contributed by atoms with E-state index in [1.807, 2.05) is 6.92 Å². The fourth-order valence-corrected chi connectivity index (χ4v) is 2.00. The van der Waals surface area contributed by atoms with Crippen LogP contribution in [0.4, 0.5) is 5.69 Å². The number of ether oxygens (including phenoxy) is 2. The van der Waals surface area contributed by atoms with Crippen LogP contribution in [-0.2, 0) is 11.3 Å². The highest BCUT2D eigenvalue weighted by Crippen LogP contribution is 2.33. The Morgan fingerprint density at radius 2 is 2.12 bits per heavy atom. The van der Waals surface area contributed by atoms with Gasteiger partial charge < -0.3 is 14.8 Å². The van der Waals surface area contributed by atoms with Crippen LogP contribution < -0.4 is 14.8 Å². The van der Waals surface area contributed by atoms with Gasteiger partial charge in [0, 0.05) is 18.3 Å². The Morgan fingerprint density at radius 3 is 2.88 bits per heavy atom. The molecule has 1 aliphatic heterocycles. The molecule has 2 aromatic heterocycles. The predicted molar refractivity (Wildman–Crippen MR) is 96.0 cm³/mol. The SMILES string of the molecule is CCn1nnc2cncnc21.CS.O=CNc1ccc2c(c1)OCO2. The smallest absolute Gasteiger partial charge is 0.231 e. The standard InChI is InChI=1S/C8H7NO3.C6H7N5.CH4S/c10-4-9-6-1-2-7-8(3-6)12-5-11-7;1-2-11-6-5(9-10-11)3-7-4-8-6;1-2/h1-4H,5H2,(H,9,10);3-4H,2H2,1H3;2H,1H3. The Labute approximate surface area is 149 Å². The highest BCUT2D eigenvalue weighted by Gasteiger charge is 2.12. The van der Waals surface area contributed by atoms with Crippen LogP contribution in [0.5, 0.6) is 11.5 Å². The molecule has 10 heteroatoms. The second-order valence-corrected chi connectivity index (χ2v) is 4.47. The molecule has 4 rings (SSSR count). The number of nitrogens with zero attached hydrogens (tertiary/aromatic N) is 5. The van der Waals surface area contributed by atoms with E-state index < -0.39 is 0 Å². The van der Waals surface area contributed by atoms with Crippen molar-refractivity contribution in [3.63, 3.8) is 0 Å². The minimum absolute atomic E-state index is 0.250. The Bertz CT molecular complexity index is 826. The monoisotopic (exact) mass is 362 g/mol. The molecular weight excluding hydrogens is 344 g/mol. The Hall–Kier alpha value is -2.88. The number of anilines is 1. The molecule has 0 unspecified atom stereocenters. The Balaban J connectivity index is 0.000000165. The first-order valence-electron chi connectivity index (χ1n) is 7.35. The lowest BCUT2D eigenvalue weighted by Crippen LogP contribution is -1.97. The van der Waals surface area contributed by atoms with Crippen molar-refractivity contribution in [1.29, 1.82) is 0 Å². The molecule has 0 spiro atoms. The molecule has 0 bridgehead atoms. The molecule has 1 N–H and O–H groups in total. The van der Waals surface area contributed by atoms with Gasteiger partial charge in [0.1, 0.15) is 6.33 Å². The summed E-state index contributed by atoms with van der Waals surface area (Å²) in [7, 11) is 0. The van der Waals surface area contributed by atoms with Gasteiger partial charge in [0.25, 0.3) is 0 Å². The Kier molecular flexibility index (Phi) is 6.96. The summed E-state index contributed by atoms with van der Waals surface area (Å²) < 4.78 is 11.9. The van der Waals surface area contributed by atoms with Gasteiger partial charge in [0.05, 0.1) is 6.20 Å². The fraction of sp³-hybridized carbons (Fsp3) is 0.267. The van der Waals surface area contributed by atoms with E-state index in [1.54, 1.807) is 35.3 Å². The molecule has 25 heavy (non-hydrogen) atoms. The van der Waals surface area contributed by atoms with Gasteiger partial charge >= 0.3 is 0 Å². The molecule has 3 aromatic rings. The van der Waals surface area contributed by atoms with E-state index >= 15 is 0 Å². The van der Waals surface area contributed by atoms with E-state index in [9.17, 15) is 4.79 Å². The predicted octanol–water partition coefficient (Wildman–Crippen LogP) is 1.77. The summed E-state index contributed by atoms with van der Waals surface area (Å²) in [6, 6.07) is 5.23. The first-order chi connectivity index (χ1) is 12.3. The molecule has 3 heterocycles. The molecule has 1 aromatic carbocycles. The molecule has 9 nitrogen and oxygen atoms in total. The number of benzene rings is 1. The lowest BCUT2D eigenvalue weighted by atomic mass is 10.3. The van der Waals surface area contributed by atoms with Crippen LogP contribution in [-0.4, -0.2) is 44.4 Å². The summed E-state index contributed by atoms with van der Waals surface area (Å²) in [5.41, 5.74) is 2.24. The normalized spacial score (nSPS) is 11.0. The molecule has 0 aliphatic carbocycles. The van der Waals surface area contributed by atoms with E-state index in [1.165, 1.54) is 6.33 Å². The third-order valence-corrected chi connectivity index (χ3v) is 3.08. The third kappa shape index (κ3) is 4.57. The van der Waals surface area contributed by atoms with Crippen LogP contribution in [0, 0.1) is 0 Å². The highest BCUT2D eigenvalue weighted by molar-refractivity contribution is 7.79. The van der Waals surface area contributed by atoms with Crippen LogP contribution in [0.15, 0.2) is 30.7 Å². The molecule has 1 amide bonds. The zero-order chi connectivity index (χ0) is 18.1. The molecule has 0 saturated heterocycles. The van der Waals surface area contributed by atoms with Crippen LogP contribution in [0.1, 0.15) is 6.92 Å². The second kappa shape index (κ2) is 9.42. The maximum Gasteiger partial charge on any atom is 0.231 e. The number of amides is 1. The average Bonchev–Trinajstić information content (AvgIpc) is 3.30. The summed E-state index contributed by atoms with van der Waals surface area (Å²) in [6.45, 7) is 3.03. The topological polar surface area (TPSA) is 104 Å². The molecule has 0 saturated carbocycles. The van der Waals surface area contributed by atoms with Crippen LogP contribution >= 0.6 is 12.6 Å². The molecule has 0 fully saturated rings. The van der Waals surface area contributed by atoms with E-state index in [0.29, 0.717) is 23.6 Å². The van der Waals surface area contributed by atoms with Crippen molar-refractivity contribution >= 4 is 35.9 Å². The molecule has 132 valence electrons. The molecular formula is C15H18N6O3S. The minimum atomic E-state index is 0.250. The van der Waals surface area contributed by atoms with Crippen molar-refractivity contribution < 1.29 is 14.3 Å². The molecule has 1 aliphatic rings. The van der Waals surface area contributed by atoms with Crippen molar-refractivity contribution in [2.24, 2.45) is 0 Å². The highest BCUT2D eigenvalue weighted by atomic mass is 32.1. The number of nitrogens with one attached hydrogen (secondary N) is 1. The van der Waals surface area contributed by atoms with Crippen molar-refractivity contribution in [3.8, 4) is 11.5 Å². The zero-order valence-corrected chi connectivity index (χ0v) is 14.7. The number of carbonyl (C=O) groups is 1. The first-order valence-corrected chi connectivity index (χ1v) is 8.25. The second-order valence-electron chi connectivity index (χ2n) is 4.47. The van der Waals surface area contributed by atoms with E-state index in [-0.39, 0.29) is 6.79 Å². The molecule has 0 atom stereocenters. The van der Waals surface area contributed by atoms with Gasteiger partial charge in [-0.3, -0.25) is 4.79 Å². The number of aryl methyl sites for hydroxylation is 1. The van der Waals surface area contributed by atoms with Gasteiger partial charge in [-0.05, 0) is 25.3 Å². The largest absolute Gasteiger partial charge is 0.454 e. The van der Waals surface area contributed by atoms with Gasteiger partial charge in [0.2, 0.25) is 13.2 Å². The van der Waals surface area contributed by atoms with Crippen LogP contribution in [0.25, 0.3) is 11.2 Å². The molecule has 0 radical (unpaired) electrons. The number of carbonyl (C=O) groups excluding carboxylic acids is 1. The minimum Gasteiger partial charge on any atom is -0.454 e. The van der Waals surface area contributed by atoms with Crippen molar-refractivity contribution in [1.82, 2.24) is 25.0 Å². The Morgan fingerprint density at radius 1 is 1.32 bits per heavy atom.